The van der Waals surface area contributed by atoms with Crippen LogP contribution < -0.4 is 21.1 Å². The first-order chi connectivity index (χ1) is 21.9. The van der Waals surface area contributed by atoms with Gasteiger partial charge in [0, 0.05) is 23.7 Å². The van der Waals surface area contributed by atoms with Crippen molar-refractivity contribution >= 4 is 33.4 Å². The number of halogens is 3. The number of nitrogen functional groups attached to an aromatic ring is 1. The summed E-state index contributed by atoms with van der Waals surface area (Å²) in [5.41, 5.74) is 2.80. The standard InChI is InChI=1S/C34H48F3N5O5S/c1-20(2)26(18-21(3)29(43)41-48(46,47)23-16-17-25(38)24(19-23)34(35,36)37)42(10)31(45)28(32(4,5)6)40-30(44)27(39-9)33(7,8)22-14-12-11-13-15-22/h11-20,26-28,39H,38H2,1-10H3,(H,40,44)(H,41,43)/b21-18+. The molecule has 0 aliphatic carbocycles. The zero-order valence-corrected chi connectivity index (χ0v) is 29.9. The van der Waals surface area contributed by atoms with Crippen molar-refractivity contribution in [1.29, 1.82) is 0 Å². The number of hydrogen-bond donors (Lipinski definition) is 4. The molecule has 2 aromatic rings. The molecular weight excluding hydrogens is 647 g/mol. The summed E-state index contributed by atoms with van der Waals surface area (Å²) in [5, 5.41) is 6.03. The molecular formula is C34H48F3N5O5S. The van der Waals surface area contributed by atoms with Crippen molar-refractivity contribution in [2.75, 3.05) is 19.8 Å². The van der Waals surface area contributed by atoms with Gasteiger partial charge in [-0.3, -0.25) is 14.4 Å². The van der Waals surface area contributed by atoms with Gasteiger partial charge in [-0.25, -0.2) is 13.1 Å². The molecule has 0 bridgehead atoms. The maximum atomic E-state index is 14.1. The van der Waals surface area contributed by atoms with Crippen LogP contribution in [0.1, 0.15) is 66.5 Å². The van der Waals surface area contributed by atoms with Crippen LogP contribution in [0, 0.1) is 11.3 Å². The van der Waals surface area contributed by atoms with E-state index in [1.807, 2.05) is 65.0 Å². The Bertz CT molecular complexity index is 1620. The quantitative estimate of drug-likeness (QED) is 0.187. The maximum Gasteiger partial charge on any atom is 0.418 e. The molecule has 5 N–H and O–H groups in total. The molecule has 266 valence electrons. The monoisotopic (exact) mass is 695 g/mol. The summed E-state index contributed by atoms with van der Waals surface area (Å²) in [5.74, 6) is -2.20. The number of sulfonamides is 1. The molecule has 0 spiro atoms. The highest BCUT2D eigenvalue weighted by Gasteiger charge is 2.42. The molecule has 0 saturated heterocycles. The second-order valence-corrected chi connectivity index (χ2v) is 15.5. The average Bonchev–Trinajstić information content (AvgIpc) is 2.97. The highest BCUT2D eigenvalue weighted by Crippen LogP contribution is 2.35. The van der Waals surface area contributed by atoms with Crippen molar-refractivity contribution in [3.05, 3.63) is 71.3 Å². The van der Waals surface area contributed by atoms with Crippen LogP contribution in [-0.4, -0.2) is 63.3 Å². The molecule has 2 rings (SSSR count). The highest BCUT2D eigenvalue weighted by atomic mass is 32.2. The van der Waals surface area contributed by atoms with Crippen LogP contribution in [0.5, 0.6) is 0 Å². The normalized spacial score (nSPS) is 15.0. The number of rotatable bonds is 12. The Morgan fingerprint density at radius 2 is 1.50 bits per heavy atom. The number of alkyl halides is 3. The lowest BCUT2D eigenvalue weighted by Gasteiger charge is -2.40. The van der Waals surface area contributed by atoms with E-state index in [1.54, 1.807) is 25.6 Å². The molecule has 3 unspecified atom stereocenters. The van der Waals surface area contributed by atoms with E-state index in [9.17, 15) is 36.0 Å². The van der Waals surface area contributed by atoms with Gasteiger partial charge in [-0.2, -0.15) is 13.2 Å². The van der Waals surface area contributed by atoms with Gasteiger partial charge in [0.2, 0.25) is 11.8 Å². The van der Waals surface area contributed by atoms with Gasteiger partial charge in [0.25, 0.3) is 15.9 Å². The Labute approximate surface area is 281 Å². The number of benzene rings is 2. The Balaban J connectivity index is 2.36. The van der Waals surface area contributed by atoms with Gasteiger partial charge in [-0.15, -0.1) is 0 Å². The number of nitrogens with zero attached hydrogens (tertiary/aromatic N) is 1. The average molecular weight is 696 g/mol. The topological polar surface area (TPSA) is 151 Å². The highest BCUT2D eigenvalue weighted by molar-refractivity contribution is 7.90. The minimum absolute atomic E-state index is 0.0976. The number of likely N-dealkylation sites (N-methyl/N-ethyl adjacent to an activating group) is 2. The summed E-state index contributed by atoms with van der Waals surface area (Å²) in [4.78, 5) is 41.4. The SMILES string of the molecule is CNC(C(=O)NC(C(=O)N(C)C(/C=C(\C)C(=O)NS(=O)(=O)c1ccc(N)c(C(F)(F)F)c1)C(C)C)C(C)(C)C)C(C)(C)c1ccccc1. The third kappa shape index (κ3) is 9.59. The van der Waals surface area contributed by atoms with Crippen molar-refractivity contribution < 1.29 is 36.0 Å². The minimum atomic E-state index is -4.91. The predicted molar refractivity (Wildman–Crippen MR) is 180 cm³/mol. The molecule has 0 heterocycles. The Morgan fingerprint density at radius 3 is 1.98 bits per heavy atom. The Kier molecular flexibility index (Phi) is 12.7. The molecule has 0 saturated carbocycles. The van der Waals surface area contributed by atoms with Crippen LogP contribution in [0.15, 0.2) is 65.1 Å². The summed E-state index contributed by atoms with van der Waals surface area (Å²) in [7, 11) is -1.52. The summed E-state index contributed by atoms with van der Waals surface area (Å²) in [6, 6.07) is 9.10. The molecule has 3 amide bonds. The lowest BCUT2D eigenvalue weighted by Crippen LogP contribution is -2.61. The summed E-state index contributed by atoms with van der Waals surface area (Å²) < 4.78 is 67.5. The number of nitrogens with one attached hydrogen (secondary N) is 3. The molecule has 0 aromatic heterocycles. The van der Waals surface area contributed by atoms with Crippen LogP contribution in [0.25, 0.3) is 0 Å². The van der Waals surface area contributed by atoms with Gasteiger partial charge in [-0.05, 0) is 49.1 Å². The van der Waals surface area contributed by atoms with E-state index in [1.165, 1.54) is 24.9 Å². The molecule has 2 aromatic carbocycles. The fraction of sp³-hybridized carbons (Fsp3) is 0.500. The summed E-state index contributed by atoms with van der Waals surface area (Å²) in [6.07, 6.45) is -3.50. The van der Waals surface area contributed by atoms with E-state index in [4.69, 9.17) is 5.73 Å². The van der Waals surface area contributed by atoms with Crippen LogP contribution >= 0.6 is 0 Å². The third-order valence-electron chi connectivity index (χ3n) is 8.31. The summed E-state index contributed by atoms with van der Waals surface area (Å²) >= 11 is 0. The smallest absolute Gasteiger partial charge is 0.398 e. The predicted octanol–water partition coefficient (Wildman–Crippen LogP) is 4.62. The number of nitrogens with two attached hydrogens (primary N) is 1. The fourth-order valence-electron chi connectivity index (χ4n) is 5.37. The van der Waals surface area contributed by atoms with E-state index in [-0.39, 0.29) is 17.4 Å². The van der Waals surface area contributed by atoms with Crippen molar-refractivity contribution in [3.63, 3.8) is 0 Å². The van der Waals surface area contributed by atoms with E-state index < -0.39 is 73.1 Å². The molecule has 0 radical (unpaired) electrons. The first kappa shape index (κ1) is 40.3. The van der Waals surface area contributed by atoms with Crippen molar-refractivity contribution in [3.8, 4) is 0 Å². The van der Waals surface area contributed by atoms with E-state index in [2.05, 4.69) is 10.6 Å². The lowest BCUT2D eigenvalue weighted by atomic mass is 9.76. The molecule has 0 fully saturated rings. The number of carbonyl (C=O) groups excluding carboxylic acids is 3. The van der Waals surface area contributed by atoms with Gasteiger partial charge >= 0.3 is 6.18 Å². The molecule has 48 heavy (non-hydrogen) atoms. The molecule has 0 aliphatic rings. The third-order valence-corrected chi connectivity index (χ3v) is 9.64. The maximum absolute atomic E-state index is 14.1. The van der Waals surface area contributed by atoms with Gasteiger partial charge in [0.15, 0.2) is 0 Å². The van der Waals surface area contributed by atoms with E-state index in [0.717, 1.165) is 17.7 Å². The van der Waals surface area contributed by atoms with E-state index >= 15 is 0 Å². The molecule has 0 aliphatic heterocycles. The van der Waals surface area contributed by atoms with E-state index in [0.29, 0.717) is 6.07 Å². The largest absolute Gasteiger partial charge is 0.418 e. The van der Waals surface area contributed by atoms with Gasteiger partial charge < -0.3 is 21.3 Å². The Hall–Kier alpha value is -3.91. The minimum Gasteiger partial charge on any atom is -0.398 e. The van der Waals surface area contributed by atoms with Gasteiger partial charge in [0.05, 0.1) is 22.5 Å². The molecule has 14 heteroatoms. The Morgan fingerprint density at radius 1 is 0.938 bits per heavy atom. The first-order valence-electron chi connectivity index (χ1n) is 15.4. The number of hydrogen-bond acceptors (Lipinski definition) is 7. The zero-order valence-electron chi connectivity index (χ0n) is 29.1. The van der Waals surface area contributed by atoms with Crippen LogP contribution in [0.2, 0.25) is 0 Å². The second kappa shape index (κ2) is 15.1. The number of amides is 3. The fourth-order valence-corrected chi connectivity index (χ4v) is 6.41. The van der Waals surface area contributed by atoms with Crippen LogP contribution in [-0.2, 0) is 36.0 Å². The first-order valence-corrected chi connectivity index (χ1v) is 16.9. The van der Waals surface area contributed by atoms with Gasteiger partial charge in [0.1, 0.15) is 6.04 Å². The summed E-state index contributed by atoms with van der Waals surface area (Å²) in [6.45, 7) is 14.2. The second-order valence-electron chi connectivity index (χ2n) is 13.8. The number of carbonyl (C=O) groups is 3. The zero-order chi connectivity index (χ0) is 37.0. The van der Waals surface area contributed by atoms with Crippen LogP contribution in [0.3, 0.4) is 0 Å². The number of anilines is 1. The van der Waals surface area contributed by atoms with Gasteiger partial charge in [-0.1, -0.05) is 84.9 Å². The van der Waals surface area contributed by atoms with Crippen LogP contribution in [0.4, 0.5) is 18.9 Å². The lowest BCUT2D eigenvalue weighted by molar-refractivity contribution is -0.141. The van der Waals surface area contributed by atoms with Crippen molar-refractivity contribution in [2.45, 2.75) is 90.0 Å². The molecule has 10 nitrogen and oxygen atoms in total. The van der Waals surface area contributed by atoms with Crippen molar-refractivity contribution in [2.24, 2.45) is 11.3 Å². The molecule has 3 atom stereocenters. The van der Waals surface area contributed by atoms with Crippen molar-refractivity contribution in [1.82, 2.24) is 20.3 Å².